The van der Waals surface area contributed by atoms with E-state index in [9.17, 15) is 9.59 Å². The molecule has 1 aliphatic carbocycles. The predicted octanol–water partition coefficient (Wildman–Crippen LogP) is -0.0320. The number of nitrogens with zero attached hydrogens (tertiary/aromatic N) is 1. The number of carbonyl (C=O) groups is 2. The molecular weight excluding hydrogens is 250 g/mol. The Morgan fingerprint density at radius 2 is 1.74 bits per heavy atom. The van der Waals surface area contributed by atoms with Gasteiger partial charge in [0.2, 0.25) is 0 Å². The molecule has 1 heterocycles. The van der Waals surface area contributed by atoms with Gasteiger partial charge in [0.25, 0.3) is 0 Å². The highest BCUT2D eigenvalue weighted by Crippen LogP contribution is 2.39. The number of methoxy groups -OCH3 is 2. The third-order valence-corrected chi connectivity index (χ3v) is 3.27. The summed E-state index contributed by atoms with van der Waals surface area (Å²) in [5.41, 5.74) is 0. The Kier molecular flexibility index (Phi) is 4.42. The summed E-state index contributed by atoms with van der Waals surface area (Å²) < 4.78 is 9.46. The molecule has 2 fully saturated rings. The van der Waals surface area contributed by atoms with Crippen molar-refractivity contribution in [2.75, 3.05) is 21.3 Å². The molecule has 19 heavy (non-hydrogen) atoms. The molecule has 0 aromatic heterocycles. The van der Waals surface area contributed by atoms with Crippen LogP contribution in [0, 0.1) is 37.5 Å². The molecule has 0 aromatic carbocycles. The van der Waals surface area contributed by atoms with E-state index in [0.29, 0.717) is 0 Å². The summed E-state index contributed by atoms with van der Waals surface area (Å²) in [7, 11) is 4.23. The summed E-state index contributed by atoms with van der Waals surface area (Å²) in [4.78, 5) is 29.1. The summed E-state index contributed by atoms with van der Waals surface area (Å²) in [5.74, 6) is -0.934. The van der Waals surface area contributed by atoms with Crippen LogP contribution in [0.4, 0.5) is 0 Å². The molecule has 0 spiro atoms. The lowest BCUT2D eigenvalue weighted by atomic mass is 9.84. The Labute approximate surface area is 112 Å². The van der Waals surface area contributed by atoms with Crippen LogP contribution < -0.4 is 0 Å². The number of esters is 2. The lowest BCUT2D eigenvalue weighted by Crippen LogP contribution is -2.42. The van der Waals surface area contributed by atoms with Gasteiger partial charge in [0.1, 0.15) is 5.92 Å². The first-order valence-corrected chi connectivity index (χ1v) is 5.87. The van der Waals surface area contributed by atoms with Crippen LogP contribution in [0.15, 0.2) is 0 Å². The zero-order valence-corrected chi connectivity index (χ0v) is 11.0. The van der Waals surface area contributed by atoms with Crippen LogP contribution in [0.5, 0.6) is 0 Å². The molecule has 2 aliphatic rings. The van der Waals surface area contributed by atoms with Crippen molar-refractivity contribution in [2.45, 2.75) is 12.1 Å². The minimum absolute atomic E-state index is 0.369. The Bertz CT molecular complexity index is 353. The van der Waals surface area contributed by atoms with Crippen molar-refractivity contribution in [1.82, 2.24) is 5.06 Å². The molecule has 6 nitrogen and oxygen atoms in total. The fourth-order valence-electron chi connectivity index (χ4n) is 2.40. The molecule has 6 heteroatoms. The van der Waals surface area contributed by atoms with E-state index in [1.807, 2.05) is 25.7 Å². The van der Waals surface area contributed by atoms with E-state index in [1.54, 1.807) is 7.05 Å². The molecule has 0 N–H and O–H groups in total. The third kappa shape index (κ3) is 2.60. The molecule has 1 saturated heterocycles. The van der Waals surface area contributed by atoms with Crippen LogP contribution in [0.1, 0.15) is 0 Å². The van der Waals surface area contributed by atoms with Crippen molar-refractivity contribution in [3.63, 3.8) is 0 Å². The van der Waals surface area contributed by atoms with Gasteiger partial charge < -0.3 is 9.47 Å². The van der Waals surface area contributed by atoms with Gasteiger partial charge in [0, 0.05) is 13.0 Å². The highest BCUT2D eigenvalue weighted by atomic mass is 16.7. The molecule has 1 saturated carbocycles. The molecule has 103 valence electrons. The summed E-state index contributed by atoms with van der Waals surface area (Å²) >= 11 is 0. The van der Waals surface area contributed by atoms with Crippen LogP contribution in [-0.4, -0.2) is 50.4 Å². The van der Waals surface area contributed by atoms with Crippen LogP contribution in [-0.2, 0) is 23.9 Å². The Hall–Kier alpha value is -1.14. The largest absolute Gasteiger partial charge is 0.469 e. The molecule has 0 unspecified atom stereocenters. The SMILES string of the molecule is COC(=O)[C@H]1[C@@H]([C]2[CH][CH][CH][CH]2)N(C)O[C@H]1C(=O)OC. The summed E-state index contributed by atoms with van der Waals surface area (Å²) in [5, 5.41) is 1.50. The monoisotopic (exact) mass is 266 g/mol. The van der Waals surface area contributed by atoms with E-state index >= 15 is 0 Å². The Balaban J connectivity index is 2.23. The highest BCUT2D eigenvalue weighted by molar-refractivity contribution is 5.85. The van der Waals surface area contributed by atoms with E-state index < -0.39 is 24.0 Å². The zero-order chi connectivity index (χ0) is 14.0. The molecular formula is C13H16NO5. The number of hydrogen-bond donors (Lipinski definition) is 0. The first-order chi connectivity index (χ1) is 9.10. The van der Waals surface area contributed by atoms with Gasteiger partial charge in [-0.2, -0.15) is 5.06 Å². The lowest BCUT2D eigenvalue weighted by Gasteiger charge is -2.26. The van der Waals surface area contributed by atoms with Gasteiger partial charge in [-0.3, -0.25) is 9.63 Å². The minimum Gasteiger partial charge on any atom is -0.469 e. The number of carbonyl (C=O) groups excluding carboxylic acids is 2. The van der Waals surface area contributed by atoms with E-state index in [2.05, 4.69) is 4.74 Å². The maximum absolute atomic E-state index is 12.0. The molecule has 3 atom stereocenters. The second-order valence-corrected chi connectivity index (χ2v) is 4.31. The predicted molar refractivity (Wildman–Crippen MR) is 64.4 cm³/mol. The second kappa shape index (κ2) is 5.88. The highest BCUT2D eigenvalue weighted by Gasteiger charge is 2.54. The maximum Gasteiger partial charge on any atom is 0.338 e. The van der Waals surface area contributed by atoms with Gasteiger partial charge >= 0.3 is 11.9 Å². The quantitative estimate of drug-likeness (QED) is 0.668. The number of rotatable bonds is 3. The Morgan fingerprint density at radius 1 is 1.16 bits per heavy atom. The van der Waals surface area contributed by atoms with Crippen molar-refractivity contribution < 1.29 is 23.9 Å². The number of ether oxygens (including phenoxy) is 2. The van der Waals surface area contributed by atoms with Crippen LogP contribution in [0.2, 0.25) is 0 Å². The average Bonchev–Trinajstić information content (AvgIpc) is 3.03. The maximum atomic E-state index is 12.0. The summed E-state index contributed by atoms with van der Waals surface area (Å²) in [6.45, 7) is 0. The van der Waals surface area contributed by atoms with Crippen LogP contribution >= 0.6 is 0 Å². The van der Waals surface area contributed by atoms with Gasteiger partial charge in [-0.15, -0.1) is 0 Å². The zero-order valence-electron chi connectivity index (χ0n) is 11.0. The van der Waals surface area contributed by atoms with E-state index in [0.717, 1.165) is 5.92 Å². The van der Waals surface area contributed by atoms with Gasteiger partial charge in [-0.05, 0) is 25.7 Å². The average molecular weight is 266 g/mol. The summed E-state index contributed by atoms with van der Waals surface area (Å²) in [6, 6.07) is -0.369. The van der Waals surface area contributed by atoms with Gasteiger partial charge in [0.15, 0.2) is 6.10 Å². The van der Waals surface area contributed by atoms with E-state index in [-0.39, 0.29) is 6.04 Å². The summed E-state index contributed by atoms with van der Waals surface area (Å²) in [6.07, 6.45) is 6.49. The third-order valence-electron chi connectivity index (χ3n) is 3.27. The van der Waals surface area contributed by atoms with Crippen LogP contribution in [0.3, 0.4) is 0 Å². The smallest absolute Gasteiger partial charge is 0.338 e. The van der Waals surface area contributed by atoms with Gasteiger partial charge in [-0.25, -0.2) is 4.79 Å². The van der Waals surface area contributed by atoms with E-state index in [4.69, 9.17) is 9.57 Å². The first kappa shape index (κ1) is 14.3. The van der Waals surface area contributed by atoms with Crippen molar-refractivity contribution in [3.05, 3.63) is 31.6 Å². The fraction of sp³-hybridized carbons (Fsp3) is 0.462. The standard InChI is InChI=1S/C13H16NO5/c1-14-10(8-6-4-5-7-8)9(12(15)17-2)11(19-14)13(16)18-3/h4-7,9-11H,1-3H3/t9-,10+,11+/m0/s1. The fourth-order valence-corrected chi connectivity index (χ4v) is 2.40. The minimum atomic E-state index is -0.984. The lowest BCUT2D eigenvalue weighted by molar-refractivity contribution is -0.181. The second-order valence-electron chi connectivity index (χ2n) is 4.31. The van der Waals surface area contributed by atoms with Crippen molar-refractivity contribution in [3.8, 4) is 0 Å². The Morgan fingerprint density at radius 3 is 2.26 bits per heavy atom. The molecule has 1 aliphatic heterocycles. The molecule has 0 bridgehead atoms. The molecule has 0 amide bonds. The normalized spacial score (nSPS) is 32.5. The number of hydroxylamine groups is 2. The molecule has 2 rings (SSSR count). The van der Waals surface area contributed by atoms with Gasteiger partial charge in [-0.1, -0.05) is 0 Å². The number of hydrogen-bond acceptors (Lipinski definition) is 6. The van der Waals surface area contributed by atoms with Crippen molar-refractivity contribution in [1.29, 1.82) is 0 Å². The van der Waals surface area contributed by atoms with Crippen molar-refractivity contribution >= 4 is 11.9 Å². The van der Waals surface area contributed by atoms with Crippen LogP contribution in [0.25, 0.3) is 0 Å². The topological polar surface area (TPSA) is 65.1 Å². The molecule has 0 aromatic rings. The van der Waals surface area contributed by atoms with Gasteiger partial charge in [0.05, 0.1) is 20.3 Å². The van der Waals surface area contributed by atoms with E-state index in [1.165, 1.54) is 19.3 Å². The van der Waals surface area contributed by atoms with Crippen molar-refractivity contribution in [2.24, 2.45) is 5.92 Å². The first-order valence-electron chi connectivity index (χ1n) is 5.87. The molecule has 5 radical (unpaired) electrons.